The van der Waals surface area contributed by atoms with Crippen LogP contribution in [0.1, 0.15) is 22.9 Å². The van der Waals surface area contributed by atoms with E-state index in [1.54, 1.807) is 7.11 Å². The highest BCUT2D eigenvalue weighted by atomic mass is 16.5. The summed E-state index contributed by atoms with van der Waals surface area (Å²) in [5.74, 6) is 2.54. The molecule has 1 aromatic heterocycles. The Bertz CT molecular complexity index is 498. The Morgan fingerprint density at radius 2 is 1.95 bits per heavy atom. The van der Waals surface area contributed by atoms with Crippen LogP contribution < -0.4 is 10.1 Å². The lowest BCUT2D eigenvalue weighted by Gasteiger charge is -2.04. The van der Waals surface area contributed by atoms with Crippen LogP contribution in [-0.2, 0) is 13.0 Å². The second-order valence-corrected chi connectivity index (χ2v) is 4.52. The minimum Gasteiger partial charge on any atom is -0.497 e. The number of aromatic nitrogens is 1. The number of benzene rings is 1. The molecule has 1 heterocycles. The maximum atomic E-state index is 5.51. The average molecular weight is 260 g/mol. The molecule has 0 aliphatic rings. The predicted molar refractivity (Wildman–Crippen MR) is 74.4 cm³/mol. The Kier molecular flexibility index (Phi) is 4.58. The minimum absolute atomic E-state index is 0.671. The molecule has 0 fully saturated rings. The third kappa shape index (κ3) is 3.83. The van der Waals surface area contributed by atoms with Gasteiger partial charge in [-0.25, -0.2) is 4.98 Å². The molecular formula is C15H20N2O2. The van der Waals surface area contributed by atoms with Crippen LogP contribution in [0.2, 0.25) is 0 Å². The number of aryl methyl sites for hydroxylation is 2. The van der Waals surface area contributed by atoms with Gasteiger partial charge in [0.05, 0.1) is 19.3 Å². The third-order valence-corrected chi connectivity index (χ3v) is 3.10. The van der Waals surface area contributed by atoms with E-state index in [0.717, 1.165) is 36.1 Å². The molecule has 0 aliphatic carbocycles. The normalized spacial score (nSPS) is 10.7. The van der Waals surface area contributed by atoms with E-state index in [2.05, 4.69) is 22.4 Å². The smallest absolute Gasteiger partial charge is 0.208 e. The van der Waals surface area contributed by atoms with E-state index >= 15 is 0 Å². The molecule has 1 aromatic carbocycles. The van der Waals surface area contributed by atoms with Gasteiger partial charge in [0.2, 0.25) is 5.89 Å². The van der Waals surface area contributed by atoms with Gasteiger partial charge < -0.3 is 14.5 Å². The van der Waals surface area contributed by atoms with E-state index in [4.69, 9.17) is 9.15 Å². The molecule has 0 bridgehead atoms. The number of nitrogens with one attached hydrogen (secondary N) is 1. The molecule has 4 nitrogen and oxygen atoms in total. The van der Waals surface area contributed by atoms with Crippen molar-refractivity contribution in [3.8, 4) is 5.75 Å². The lowest BCUT2D eigenvalue weighted by atomic mass is 10.1. The average Bonchev–Trinajstić information content (AvgIpc) is 2.74. The summed E-state index contributed by atoms with van der Waals surface area (Å²) < 4.78 is 10.6. The van der Waals surface area contributed by atoms with Crippen LogP contribution in [0, 0.1) is 13.8 Å². The summed E-state index contributed by atoms with van der Waals surface area (Å²) in [5.41, 5.74) is 2.25. The maximum absolute atomic E-state index is 5.51. The van der Waals surface area contributed by atoms with Crippen LogP contribution in [-0.4, -0.2) is 18.6 Å². The SMILES string of the molecule is COc1ccc(CCNCc2nc(C)c(C)o2)cc1. The number of oxazole rings is 1. The van der Waals surface area contributed by atoms with Crippen molar-refractivity contribution < 1.29 is 9.15 Å². The van der Waals surface area contributed by atoms with E-state index in [1.807, 2.05) is 26.0 Å². The number of hydrogen-bond donors (Lipinski definition) is 1. The molecule has 2 aromatic rings. The van der Waals surface area contributed by atoms with Crippen LogP contribution in [0.15, 0.2) is 28.7 Å². The van der Waals surface area contributed by atoms with Crippen LogP contribution in [0.3, 0.4) is 0 Å². The van der Waals surface area contributed by atoms with E-state index in [0.29, 0.717) is 6.54 Å². The molecule has 4 heteroatoms. The van der Waals surface area contributed by atoms with Crippen LogP contribution >= 0.6 is 0 Å². The van der Waals surface area contributed by atoms with E-state index in [-0.39, 0.29) is 0 Å². The van der Waals surface area contributed by atoms with Gasteiger partial charge in [0, 0.05) is 0 Å². The summed E-state index contributed by atoms with van der Waals surface area (Å²) in [5, 5.41) is 3.33. The summed E-state index contributed by atoms with van der Waals surface area (Å²) in [6.07, 6.45) is 0.975. The Morgan fingerprint density at radius 3 is 2.53 bits per heavy atom. The van der Waals surface area contributed by atoms with Gasteiger partial charge in [0.1, 0.15) is 11.5 Å². The molecule has 0 atom stereocenters. The van der Waals surface area contributed by atoms with Gasteiger partial charge in [-0.05, 0) is 44.5 Å². The van der Waals surface area contributed by atoms with Crippen molar-refractivity contribution in [3.05, 3.63) is 47.2 Å². The van der Waals surface area contributed by atoms with Crippen molar-refractivity contribution in [1.29, 1.82) is 0 Å². The highest BCUT2D eigenvalue weighted by Crippen LogP contribution is 2.11. The largest absolute Gasteiger partial charge is 0.497 e. The van der Waals surface area contributed by atoms with Gasteiger partial charge in [-0.1, -0.05) is 12.1 Å². The first kappa shape index (κ1) is 13.6. The van der Waals surface area contributed by atoms with Crippen molar-refractivity contribution in [3.63, 3.8) is 0 Å². The molecule has 0 radical (unpaired) electrons. The number of nitrogens with zero attached hydrogens (tertiary/aromatic N) is 1. The second kappa shape index (κ2) is 6.38. The molecule has 0 saturated heterocycles. The number of ether oxygens (including phenoxy) is 1. The first-order chi connectivity index (χ1) is 9.19. The van der Waals surface area contributed by atoms with Crippen molar-refractivity contribution in [1.82, 2.24) is 10.3 Å². The topological polar surface area (TPSA) is 47.3 Å². The molecule has 0 spiro atoms. The van der Waals surface area contributed by atoms with Crippen molar-refractivity contribution >= 4 is 0 Å². The molecule has 0 aliphatic heterocycles. The van der Waals surface area contributed by atoms with Crippen LogP contribution in [0.4, 0.5) is 0 Å². The standard InChI is InChI=1S/C15H20N2O2/c1-11-12(2)19-15(17-11)10-16-9-8-13-4-6-14(18-3)7-5-13/h4-7,16H,8-10H2,1-3H3. The van der Waals surface area contributed by atoms with Crippen molar-refractivity contribution in [2.24, 2.45) is 0 Å². The molecular weight excluding hydrogens is 240 g/mol. The van der Waals surface area contributed by atoms with Crippen LogP contribution in [0.5, 0.6) is 5.75 Å². The monoisotopic (exact) mass is 260 g/mol. The number of rotatable bonds is 6. The van der Waals surface area contributed by atoms with Gasteiger partial charge in [-0.15, -0.1) is 0 Å². The zero-order chi connectivity index (χ0) is 13.7. The Balaban J connectivity index is 1.74. The Labute approximate surface area is 113 Å². The van der Waals surface area contributed by atoms with Crippen LogP contribution in [0.25, 0.3) is 0 Å². The van der Waals surface area contributed by atoms with E-state index in [9.17, 15) is 0 Å². The summed E-state index contributed by atoms with van der Waals surface area (Å²) in [6, 6.07) is 8.13. The summed E-state index contributed by atoms with van der Waals surface area (Å²) in [4.78, 5) is 4.33. The molecule has 0 unspecified atom stereocenters. The molecule has 102 valence electrons. The molecule has 2 rings (SSSR count). The molecule has 0 saturated carbocycles. The Morgan fingerprint density at radius 1 is 1.21 bits per heavy atom. The number of hydrogen-bond acceptors (Lipinski definition) is 4. The van der Waals surface area contributed by atoms with Gasteiger partial charge in [-0.3, -0.25) is 0 Å². The maximum Gasteiger partial charge on any atom is 0.208 e. The fourth-order valence-electron chi connectivity index (χ4n) is 1.84. The summed E-state index contributed by atoms with van der Waals surface area (Å²) in [6.45, 7) is 5.46. The first-order valence-corrected chi connectivity index (χ1v) is 6.45. The van der Waals surface area contributed by atoms with E-state index in [1.165, 1.54) is 5.56 Å². The lowest BCUT2D eigenvalue weighted by molar-refractivity contribution is 0.414. The molecule has 0 amide bonds. The van der Waals surface area contributed by atoms with Gasteiger partial charge in [0.15, 0.2) is 0 Å². The quantitative estimate of drug-likeness (QED) is 0.811. The minimum atomic E-state index is 0.671. The number of methoxy groups -OCH3 is 1. The fraction of sp³-hybridized carbons (Fsp3) is 0.400. The van der Waals surface area contributed by atoms with Gasteiger partial charge >= 0.3 is 0 Å². The third-order valence-electron chi connectivity index (χ3n) is 3.10. The Hall–Kier alpha value is -1.81. The van der Waals surface area contributed by atoms with Crippen molar-refractivity contribution in [2.45, 2.75) is 26.8 Å². The zero-order valence-corrected chi connectivity index (χ0v) is 11.7. The lowest BCUT2D eigenvalue weighted by Crippen LogP contribution is -2.16. The highest BCUT2D eigenvalue weighted by molar-refractivity contribution is 5.27. The zero-order valence-electron chi connectivity index (χ0n) is 11.7. The van der Waals surface area contributed by atoms with Crippen molar-refractivity contribution in [2.75, 3.05) is 13.7 Å². The fourth-order valence-corrected chi connectivity index (χ4v) is 1.84. The molecule has 19 heavy (non-hydrogen) atoms. The molecule has 1 N–H and O–H groups in total. The van der Waals surface area contributed by atoms with Gasteiger partial charge in [-0.2, -0.15) is 0 Å². The summed E-state index contributed by atoms with van der Waals surface area (Å²) in [7, 11) is 1.68. The van der Waals surface area contributed by atoms with E-state index < -0.39 is 0 Å². The predicted octanol–water partition coefficient (Wildman–Crippen LogP) is 2.63. The van der Waals surface area contributed by atoms with Gasteiger partial charge in [0.25, 0.3) is 0 Å². The summed E-state index contributed by atoms with van der Waals surface area (Å²) >= 11 is 0. The second-order valence-electron chi connectivity index (χ2n) is 4.52. The highest BCUT2D eigenvalue weighted by Gasteiger charge is 2.04. The first-order valence-electron chi connectivity index (χ1n) is 6.45.